The Labute approximate surface area is 81.4 Å². The van der Waals surface area contributed by atoms with Gasteiger partial charge in [0.05, 0.1) is 5.69 Å². The maximum atomic E-state index is 5.70. The molecule has 1 heterocycles. The van der Waals surface area contributed by atoms with E-state index in [1.54, 1.807) is 24.4 Å². The summed E-state index contributed by atoms with van der Waals surface area (Å²) in [6.07, 6.45) is 3.04. The quantitative estimate of drug-likeness (QED) is 0.729. The van der Waals surface area contributed by atoms with Gasteiger partial charge in [0.2, 0.25) is 5.88 Å². The van der Waals surface area contributed by atoms with Gasteiger partial charge in [-0.15, -0.1) is 0 Å². The van der Waals surface area contributed by atoms with Gasteiger partial charge in [-0.05, 0) is 12.1 Å². The van der Waals surface area contributed by atoms with Gasteiger partial charge in [0, 0.05) is 12.3 Å². The fourth-order valence-electron chi connectivity index (χ4n) is 1.03. The van der Waals surface area contributed by atoms with Gasteiger partial charge in [0.25, 0.3) is 0 Å². The molecular weight excluding hydrogens is 178 g/mol. The second kappa shape index (κ2) is 3.74. The number of hydrogen-bond donors (Lipinski definition) is 1. The summed E-state index contributed by atoms with van der Waals surface area (Å²) in [6, 6.07) is 8.94. The average Bonchev–Trinajstić information content (AvgIpc) is 2.23. The molecule has 0 radical (unpaired) electrons. The van der Waals surface area contributed by atoms with Gasteiger partial charge >= 0.3 is 0 Å². The van der Waals surface area contributed by atoms with Crippen LogP contribution in [0.2, 0.25) is 0 Å². The van der Waals surface area contributed by atoms with Gasteiger partial charge in [0.1, 0.15) is 6.33 Å². The second-order valence-electron chi connectivity index (χ2n) is 2.69. The number of benzene rings is 1. The zero-order valence-electron chi connectivity index (χ0n) is 7.42. The highest BCUT2D eigenvalue weighted by Gasteiger charge is 2.00. The highest BCUT2D eigenvalue weighted by molar-refractivity contribution is 5.52. The Morgan fingerprint density at radius 1 is 1.14 bits per heavy atom. The number of nitrogens with two attached hydrogens (primary N) is 1. The molecule has 1 aromatic carbocycles. The molecule has 2 N–H and O–H groups in total. The van der Waals surface area contributed by atoms with E-state index in [0.717, 1.165) is 0 Å². The first-order valence-electron chi connectivity index (χ1n) is 4.14. The van der Waals surface area contributed by atoms with E-state index < -0.39 is 0 Å². The minimum atomic E-state index is 0.484. The van der Waals surface area contributed by atoms with Gasteiger partial charge in [-0.2, -0.15) is 0 Å². The highest BCUT2D eigenvalue weighted by Crippen LogP contribution is 2.24. The first-order valence-corrected chi connectivity index (χ1v) is 4.14. The summed E-state index contributed by atoms with van der Waals surface area (Å²) in [6.45, 7) is 0. The molecule has 2 rings (SSSR count). The fourth-order valence-corrected chi connectivity index (χ4v) is 1.03. The summed E-state index contributed by atoms with van der Waals surface area (Å²) in [5.41, 5.74) is 6.29. The number of ether oxygens (including phenoxy) is 1. The van der Waals surface area contributed by atoms with Gasteiger partial charge in [0.15, 0.2) is 5.75 Å². The monoisotopic (exact) mass is 187 g/mol. The van der Waals surface area contributed by atoms with Crippen LogP contribution >= 0.6 is 0 Å². The molecule has 0 bridgehead atoms. The Kier molecular flexibility index (Phi) is 2.27. The van der Waals surface area contributed by atoms with Crippen LogP contribution in [0.5, 0.6) is 11.6 Å². The third-order valence-electron chi connectivity index (χ3n) is 1.69. The van der Waals surface area contributed by atoms with Crippen molar-refractivity contribution in [2.75, 3.05) is 5.73 Å². The molecule has 0 aliphatic rings. The van der Waals surface area contributed by atoms with Crippen molar-refractivity contribution >= 4 is 5.69 Å². The van der Waals surface area contributed by atoms with Crippen molar-refractivity contribution in [2.24, 2.45) is 0 Å². The van der Waals surface area contributed by atoms with Crippen molar-refractivity contribution in [3.8, 4) is 11.6 Å². The van der Waals surface area contributed by atoms with Crippen LogP contribution in [0.3, 0.4) is 0 Å². The summed E-state index contributed by atoms with van der Waals surface area (Å²) in [5.74, 6) is 1.09. The summed E-state index contributed by atoms with van der Waals surface area (Å²) in [5, 5.41) is 0. The fraction of sp³-hybridized carbons (Fsp3) is 0. The highest BCUT2D eigenvalue weighted by atomic mass is 16.5. The first kappa shape index (κ1) is 8.50. The zero-order valence-corrected chi connectivity index (χ0v) is 7.42. The number of nitrogen functional groups attached to an aromatic ring is 1. The molecule has 0 saturated heterocycles. The molecule has 14 heavy (non-hydrogen) atoms. The SMILES string of the molecule is Nc1ccccc1Oc1ccncn1. The lowest BCUT2D eigenvalue weighted by atomic mass is 10.3. The van der Waals surface area contributed by atoms with E-state index in [1.165, 1.54) is 6.33 Å². The second-order valence-corrected chi connectivity index (χ2v) is 2.69. The van der Waals surface area contributed by atoms with E-state index in [-0.39, 0.29) is 0 Å². The van der Waals surface area contributed by atoms with E-state index >= 15 is 0 Å². The number of aromatic nitrogens is 2. The van der Waals surface area contributed by atoms with Crippen LogP contribution in [-0.2, 0) is 0 Å². The van der Waals surface area contributed by atoms with Crippen molar-refractivity contribution in [1.29, 1.82) is 0 Å². The van der Waals surface area contributed by atoms with E-state index in [4.69, 9.17) is 10.5 Å². The largest absolute Gasteiger partial charge is 0.437 e. The first-order chi connectivity index (χ1) is 6.86. The molecule has 4 nitrogen and oxygen atoms in total. The molecule has 0 fully saturated rings. The smallest absolute Gasteiger partial charge is 0.222 e. The molecule has 70 valence electrons. The molecule has 2 aromatic rings. The molecule has 4 heteroatoms. The Hall–Kier alpha value is -2.10. The summed E-state index contributed by atoms with van der Waals surface area (Å²) in [4.78, 5) is 7.71. The normalized spacial score (nSPS) is 9.71. The number of para-hydroxylation sites is 2. The molecule has 0 atom stereocenters. The van der Waals surface area contributed by atoms with Gasteiger partial charge in [-0.1, -0.05) is 12.1 Å². The number of anilines is 1. The van der Waals surface area contributed by atoms with E-state index in [2.05, 4.69) is 9.97 Å². The number of rotatable bonds is 2. The van der Waals surface area contributed by atoms with Crippen LogP contribution in [0.1, 0.15) is 0 Å². The molecule has 0 saturated carbocycles. The van der Waals surface area contributed by atoms with Crippen LogP contribution in [0.25, 0.3) is 0 Å². The molecule has 0 amide bonds. The third-order valence-corrected chi connectivity index (χ3v) is 1.69. The topological polar surface area (TPSA) is 61.0 Å². The predicted molar refractivity (Wildman–Crippen MR) is 53.0 cm³/mol. The van der Waals surface area contributed by atoms with E-state index in [0.29, 0.717) is 17.3 Å². The number of hydrogen-bond acceptors (Lipinski definition) is 4. The molecule has 0 unspecified atom stereocenters. The maximum absolute atomic E-state index is 5.70. The Balaban J connectivity index is 2.24. The lowest BCUT2D eigenvalue weighted by Crippen LogP contribution is -1.92. The molecule has 1 aromatic heterocycles. The van der Waals surface area contributed by atoms with Crippen LogP contribution in [0.4, 0.5) is 5.69 Å². The molecule has 0 spiro atoms. The van der Waals surface area contributed by atoms with Crippen molar-refractivity contribution < 1.29 is 4.74 Å². The minimum absolute atomic E-state index is 0.484. The van der Waals surface area contributed by atoms with Gasteiger partial charge in [-0.3, -0.25) is 0 Å². The van der Waals surface area contributed by atoms with Crippen molar-refractivity contribution in [3.63, 3.8) is 0 Å². The van der Waals surface area contributed by atoms with Crippen molar-refractivity contribution in [3.05, 3.63) is 42.9 Å². The van der Waals surface area contributed by atoms with Crippen LogP contribution in [0, 0.1) is 0 Å². The van der Waals surface area contributed by atoms with Crippen molar-refractivity contribution in [2.45, 2.75) is 0 Å². The summed E-state index contributed by atoms with van der Waals surface area (Å²) in [7, 11) is 0. The van der Waals surface area contributed by atoms with Crippen LogP contribution < -0.4 is 10.5 Å². The lowest BCUT2D eigenvalue weighted by Gasteiger charge is -2.05. The minimum Gasteiger partial charge on any atom is -0.437 e. The Bertz CT molecular complexity index is 417. The molecular formula is C10H9N3O. The van der Waals surface area contributed by atoms with Gasteiger partial charge < -0.3 is 10.5 Å². The molecule has 0 aliphatic carbocycles. The predicted octanol–water partition coefficient (Wildman–Crippen LogP) is 1.85. The standard InChI is InChI=1S/C10H9N3O/c11-8-3-1-2-4-9(8)14-10-5-6-12-7-13-10/h1-7H,11H2. The average molecular weight is 187 g/mol. The van der Waals surface area contributed by atoms with E-state index in [9.17, 15) is 0 Å². The third kappa shape index (κ3) is 1.80. The Morgan fingerprint density at radius 3 is 2.71 bits per heavy atom. The van der Waals surface area contributed by atoms with Crippen LogP contribution in [0.15, 0.2) is 42.9 Å². The van der Waals surface area contributed by atoms with E-state index in [1.807, 2.05) is 12.1 Å². The van der Waals surface area contributed by atoms with Crippen LogP contribution in [-0.4, -0.2) is 9.97 Å². The number of nitrogens with zero attached hydrogens (tertiary/aromatic N) is 2. The molecule has 0 aliphatic heterocycles. The summed E-state index contributed by atoms with van der Waals surface area (Å²) < 4.78 is 5.43. The Morgan fingerprint density at radius 2 is 2.00 bits per heavy atom. The van der Waals surface area contributed by atoms with Crippen molar-refractivity contribution in [1.82, 2.24) is 9.97 Å². The summed E-state index contributed by atoms with van der Waals surface area (Å²) >= 11 is 0. The zero-order chi connectivity index (χ0) is 9.80. The van der Waals surface area contributed by atoms with Gasteiger partial charge in [-0.25, -0.2) is 9.97 Å². The maximum Gasteiger partial charge on any atom is 0.222 e. The lowest BCUT2D eigenvalue weighted by molar-refractivity contribution is 0.463.